The number of pyridine rings is 1. The molecule has 1 aromatic heterocycles. The predicted molar refractivity (Wildman–Crippen MR) is 79.9 cm³/mol. The van der Waals surface area contributed by atoms with E-state index in [0.29, 0.717) is 11.7 Å². The van der Waals surface area contributed by atoms with Crippen LogP contribution in [-0.4, -0.2) is 10.9 Å². The number of nitrogens with zero attached hydrogens (tertiary/aromatic N) is 2. The molecule has 0 atom stereocenters. The Morgan fingerprint density at radius 1 is 1.20 bits per heavy atom. The second-order valence-corrected chi connectivity index (χ2v) is 5.84. The van der Waals surface area contributed by atoms with Gasteiger partial charge in [0.15, 0.2) is 0 Å². The fraction of sp³-hybridized carbons (Fsp3) is 0.250. The molecule has 102 valence electrons. The molecule has 0 N–H and O–H groups in total. The highest BCUT2D eigenvalue weighted by Gasteiger charge is 2.43. The third-order valence-corrected chi connectivity index (χ3v) is 4.15. The molecule has 1 aliphatic heterocycles. The van der Waals surface area contributed by atoms with Crippen molar-refractivity contribution >= 4 is 23.2 Å². The van der Waals surface area contributed by atoms with E-state index in [-0.39, 0.29) is 5.91 Å². The summed E-state index contributed by atoms with van der Waals surface area (Å²) < 4.78 is 0. The lowest BCUT2D eigenvalue weighted by molar-refractivity contribution is -0.122. The van der Waals surface area contributed by atoms with Crippen LogP contribution >= 0.6 is 11.6 Å². The maximum Gasteiger partial charge on any atom is 0.237 e. The van der Waals surface area contributed by atoms with E-state index in [1.807, 2.05) is 50.2 Å². The number of fused-ring (bicyclic) bond motifs is 1. The van der Waals surface area contributed by atoms with Crippen LogP contribution in [0.25, 0.3) is 0 Å². The summed E-state index contributed by atoms with van der Waals surface area (Å²) in [7, 11) is 0. The number of benzene rings is 1. The molecule has 0 bridgehead atoms. The van der Waals surface area contributed by atoms with Gasteiger partial charge in [0.1, 0.15) is 5.15 Å². The first-order chi connectivity index (χ1) is 9.51. The van der Waals surface area contributed by atoms with Gasteiger partial charge >= 0.3 is 0 Å². The third-order valence-electron chi connectivity index (χ3n) is 3.81. The van der Waals surface area contributed by atoms with Crippen molar-refractivity contribution in [1.29, 1.82) is 0 Å². The highest BCUT2D eigenvalue weighted by molar-refractivity contribution is 6.30. The minimum atomic E-state index is -0.495. The van der Waals surface area contributed by atoms with Gasteiger partial charge in [-0.15, -0.1) is 0 Å². The molecule has 2 heterocycles. The number of aromatic nitrogens is 1. The van der Waals surface area contributed by atoms with E-state index in [1.165, 1.54) is 0 Å². The molecule has 20 heavy (non-hydrogen) atoms. The standard InChI is InChI=1S/C16H15ClN2O/c1-16(2)12-7-3-4-8-13(12)19(15(16)20)10-11-6-5-9-18-14(11)17/h3-9H,10H2,1-2H3. The van der Waals surface area contributed by atoms with E-state index >= 15 is 0 Å². The Kier molecular flexibility index (Phi) is 3.02. The molecule has 2 aromatic rings. The quantitative estimate of drug-likeness (QED) is 0.791. The number of rotatable bonds is 2. The molecular formula is C16H15ClN2O. The molecular weight excluding hydrogens is 272 g/mol. The summed E-state index contributed by atoms with van der Waals surface area (Å²) >= 11 is 6.10. The molecule has 0 saturated heterocycles. The first-order valence-electron chi connectivity index (χ1n) is 6.52. The minimum Gasteiger partial charge on any atom is -0.307 e. The third kappa shape index (κ3) is 1.90. The monoisotopic (exact) mass is 286 g/mol. The van der Waals surface area contributed by atoms with Gasteiger partial charge in [-0.25, -0.2) is 4.98 Å². The smallest absolute Gasteiger partial charge is 0.237 e. The second kappa shape index (κ2) is 4.60. The van der Waals surface area contributed by atoms with Gasteiger partial charge in [0.2, 0.25) is 5.91 Å². The molecule has 0 radical (unpaired) electrons. The van der Waals surface area contributed by atoms with Crippen molar-refractivity contribution < 1.29 is 4.79 Å². The largest absolute Gasteiger partial charge is 0.307 e. The van der Waals surface area contributed by atoms with Crippen LogP contribution in [0, 0.1) is 0 Å². The van der Waals surface area contributed by atoms with Crippen molar-refractivity contribution in [2.45, 2.75) is 25.8 Å². The average Bonchev–Trinajstić information content (AvgIpc) is 2.63. The van der Waals surface area contributed by atoms with Gasteiger partial charge in [-0.1, -0.05) is 35.9 Å². The summed E-state index contributed by atoms with van der Waals surface area (Å²) in [6.45, 7) is 4.37. The topological polar surface area (TPSA) is 33.2 Å². The molecule has 0 saturated carbocycles. The molecule has 0 spiro atoms. The van der Waals surface area contributed by atoms with E-state index in [2.05, 4.69) is 4.98 Å². The first-order valence-corrected chi connectivity index (χ1v) is 6.90. The van der Waals surface area contributed by atoms with Crippen LogP contribution in [0.5, 0.6) is 0 Å². The van der Waals surface area contributed by atoms with E-state index in [1.54, 1.807) is 11.1 Å². The zero-order valence-corrected chi connectivity index (χ0v) is 12.2. The summed E-state index contributed by atoms with van der Waals surface area (Å²) in [4.78, 5) is 18.5. The zero-order chi connectivity index (χ0) is 14.3. The van der Waals surface area contributed by atoms with Crippen LogP contribution in [0.1, 0.15) is 25.0 Å². The van der Waals surface area contributed by atoms with Gasteiger partial charge in [-0.2, -0.15) is 0 Å². The SMILES string of the molecule is CC1(C)C(=O)N(Cc2cccnc2Cl)c2ccccc21. The van der Waals surface area contributed by atoms with Crippen LogP contribution < -0.4 is 4.90 Å². The van der Waals surface area contributed by atoms with Crippen LogP contribution in [0.4, 0.5) is 5.69 Å². The fourth-order valence-electron chi connectivity index (χ4n) is 2.66. The molecule has 3 nitrogen and oxygen atoms in total. The molecule has 0 aliphatic carbocycles. The number of halogens is 1. The molecule has 1 aliphatic rings. The number of anilines is 1. The molecule has 0 fully saturated rings. The molecule has 1 aromatic carbocycles. The Morgan fingerprint density at radius 2 is 1.95 bits per heavy atom. The van der Waals surface area contributed by atoms with Gasteiger partial charge in [-0.05, 0) is 31.5 Å². The van der Waals surface area contributed by atoms with Crippen molar-refractivity contribution in [3.8, 4) is 0 Å². The van der Waals surface area contributed by atoms with Gasteiger partial charge in [-0.3, -0.25) is 4.79 Å². The number of carbonyl (C=O) groups excluding carboxylic acids is 1. The van der Waals surface area contributed by atoms with Crippen LogP contribution in [0.15, 0.2) is 42.6 Å². The number of amides is 1. The van der Waals surface area contributed by atoms with Gasteiger partial charge < -0.3 is 4.90 Å². The van der Waals surface area contributed by atoms with Crippen LogP contribution in [0.2, 0.25) is 5.15 Å². The lowest BCUT2D eigenvalue weighted by atomic mass is 9.86. The Morgan fingerprint density at radius 3 is 2.70 bits per heavy atom. The van der Waals surface area contributed by atoms with Crippen LogP contribution in [0.3, 0.4) is 0 Å². The predicted octanol–water partition coefficient (Wildman–Crippen LogP) is 3.56. The van der Waals surface area contributed by atoms with Gasteiger partial charge in [0.05, 0.1) is 12.0 Å². The normalized spacial score (nSPS) is 16.4. The summed E-state index contributed by atoms with van der Waals surface area (Å²) in [6, 6.07) is 11.6. The van der Waals surface area contributed by atoms with E-state index < -0.39 is 5.41 Å². The van der Waals surface area contributed by atoms with Crippen molar-refractivity contribution in [2.75, 3.05) is 4.90 Å². The van der Waals surface area contributed by atoms with E-state index in [9.17, 15) is 4.79 Å². The zero-order valence-electron chi connectivity index (χ0n) is 11.4. The van der Waals surface area contributed by atoms with Gasteiger partial charge in [0, 0.05) is 17.4 Å². The molecule has 1 amide bonds. The lowest BCUT2D eigenvalue weighted by Gasteiger charge is -2.20. The Bertz CT molecular complexity index is 682. The average molecular weight is 287 g/mol. The number of carbonyl (C=O) groups is 1. The van der Waals surface area contributed by atoms with Crippen LogP contribution in [-0.2, 0) is 16.8 Å². The number of hydrogen-bond donors (Lipinski definition) is 0. The van der Waals surface area contributed by atoms with E-state index in [4.69, 9.17) is 11.6 Å². The second-order valence-electron chi connectivity index (χ2n) is 5.49. The maximum atomic E-state index is 12.7. The van der Waals surface area contributed by atoms with Crippen molar-refractivity contribution in [2.24, 2.45) is 0 Å². The Labute approximate surface area is 123 Å². The number of hydrogen-bond acceptors (Lipinski definition) is 2. The summed E-state index contributed by atoms with van der Waals surface area (Å²) in [5, 5.41) is 0.447. The maximum absolute atomic E-state index is 12.7. The molecule has 3 rings (SSSR count). The van der Waals surface area contributed by atoms with E-state index in [0.717, 1.165) is 16.8 Å². The van der Waals surface area contributed by atoms with Gasteiger partial charge in [0.25, 0.3) is 0 Å². The highest BCUT2D eigenvalue weighted by atomic mass is 35.5. The molecule has 0 unspecified atom stereocenters. The molecule has 4 heteroatoms. The van der Waals surface area contributed by atoms with Crippen molar-refractivity contribution in [1.82, 2.24) is 4.98 Å². The fourth-order valence-corrected chi connectivity index (χ4v) is 2.84. The van der Waals surface area contributed by atoms with Crippen molar-refractivity contribution in [3.05, 3.63) is 58.9 Å². The summed E-state index contributed by atoms with van der Waals surface area (Å²) in [5.74, 6) is 0.0959. The first kappa shape index (κ1) is 13.1. The summed E-state index contributed by atoms with van der Waals surface area (Å²) in [5.41, 5.74) is 2.38. The van der Waals surface area contributed by atoms with Crippen molar-refractivity contribution in [3.63, 3.8) is 0 Å². The number of para-hydroxylation sites is 1. The Hall–Kier alpha value is -1.87. The highest BCUT2D eigenvalue weighted by Crippen LogP contribution is 2.42. The minimum absolute atomic E-state index is 0.0959. The Balaban J connectivity index is 2.03. The summed E-state index contributed by atoms with van der Waals surface area (Å²) in [6.07, 6.45) is 1.65. The lowest BCUT2D eigenvalue weighted by Crippen LogP contribution is -2.35.